The average molecular weight is 629 g/mol. The molecule has 3 aromatic rings. The SMILES string of the molecule is COc1ccc(N2C(=S)N(C)C(=O)/C2=C\c2cc(I)c(OCC(=O)Nc3ccccc3)c(OC)c2)cc1. The second kappa shape index (κ2) is 11.6. The van der Waals surface area contributed by atoms with Crippen molar-refractivity contribution < 1.29 is 23.8 Å². The molecule has 1 heterocycles. The van der Waals surface area contributed by atoms with Gasteiger partial charge in [0.1, 0.15) is 11.4 Å². The summed E-state index contributed by atoms with van der Waals surface area (Å²) in [5, 5.41) is 3.15. The molecule has 1 fully saturated rings. The highest BCUT2D eigenvalue weighted by Crippen LogP contribution is 2.36. The zero-order valence-electron chi connectivity index (χ0n) is 20.4. The van der Waals surface area contributed by atoms with E-state index in [2.05, 4.69) is 27.9 Å². The second-order valence-corrected chi connectivity index (χ2v) is 9.47. The number of halogens is 1. The van der Waals surface area contributed by atoms with E-state index in [1.165, 1.54) is 12.0 Å². The van der Waals surface area contributed by atoms with Gasteiger partial charge >= 0.3 is 0 Å². The number of carbonyl (C=O) groups excluding carboxylic acids is 2. The van der Waals surface area contributed by atoms with Crippen LogP contribution in [0.1, 0.15) is 5.56 Å². The molecule has 10 heteroatoms. The van der Waals surface area contributed by atoms with Gasteiger partial charge < -0.3 is 19.5 Å². The number of nitrogens with zero attached hydrogens (tertiary/aromatic N) is 2. The fraction of sp³-hybridized carbons (Fsp3) is 0.148. The van der Waals surface area contributed by atoms with Crippen LogP contribution in [-0.2, 0) is 9.59 Å². The predicted molar refractivity (Wildman–Crippen MR) is 155 cm³/mol. The molecule has 0 aliphatic carbocycles. The summed E-state index contributed by atoms with van der Waals surface area (Å²) in [6.45, 7) is -0.190. The minimum atomic E-state index is -0.293. The summed E-state index contributed by atoms with van der Waals surface area (Å²) in [5.74, 6) is 1.05. The van der Waals surface area contributed by atoms with E-state index in [9.17, 15) is 9.59 Å². The number of likely N-dealkylation sites (N-methyl/N-ethyl adjacent to an activating group) is 1. The Morgan fingerprint density at radius 2 is 1.76 bits per heavy atom. The van der Waals surface area contributed by atoms with Gasteiger partial charge in [-0.15, -0.1) is 0 Å². The molecular formula is C27H24IN3O5S. The molecule has 0 atom stereocenters. The first kappa shape index (κ1) is 26.4. The van der Waals surface area contributed by atoms with Gasteiger partial charge in [-0.3, -0.25) is 19.4 Å². The van der Waals surface area contributed by atoms with Crippen LogP contribution in [0.15, 0.2) is 72.4 Å². The summed E-state index contributed by atoms with van der Waals surface area (Å²) >= 11 is 7.67. The zero-order valence-corrected chi connectivity index (χ0v) is 23.3. The number of ether oxygens (including phenoxy) is 3. The first-order valence-corrected chi connectivity index (χ1v) is 12.6. The Bertz CT molecular complexity index is 1360. The van der Waals surface area contributed by atoms with E-state index < -0.39 is 0 Å². The largest absolute Gasteiger partial charge is 0.497 e. The van der Waals surface area contributed by atoms with Gasteiger partial charge in [0.2, 0.25) is 0 Å². The summed E-state index contributed by atoms with van der Waals surface area (Å²) in [4.78, 5) is 28.6. The van der Waals surface area contributed by atoms with E-state index in [0.717, 1.165) is 5.69 Å². The summed E-state index contributed by atoms with van der Waals surface area (Å²) in [6, 6.07) is 20.0. The number of amides is 2. The number of hydrogen-bond donors (Lipinski definition) is 1. The smallest absolute Gasteiger partial charge is 0.276 e. The fourth-order valence-electron chi connectivity index (χ4n) is 3.69. The van der Waals surface area contributed by atoms with E-state index >= 15 is 0 Å². The number of carbonyl (C=O) groups is 2. The lowest BCUT2D eigenvalue weighted by Gasteiger charge is -2.19. The zero-order chi connectivity index (χ0) is 26.5. The molecule has 0 bridgehead atoms. The second-order valence-electron chi connectivity index (χ2n) is 7.95. The molecular weight excluding hydrogens is 605 g/mol. The summed E-state index contributed by atoms with van der Waals surface area (Å²) in [6.07, 6.45) is 1.75. The Hall–Kier alpha value is -3.64. The van der Waals surface area contributed by atoms with Crippen molar-refractivity contribution in [3.63, 3.8) is 0 Å². The maximum absolute atomic E-state index is 13.1. The Morgan fingerprint density at radius 3 is 2.41 bits per heavy atom. The Labute approximate surface area is 233 Å². The Kier molecular flexibility index (Phi) is 8.29. The molecule has 0 unspecified atom stereocenters. The van der Waals surface area contributed by atoms with Crippen LogP contribution in [0, 0.1) is 3.57 Å². The van der Waals surface area contributed by atoms with Gasteiger partial charge in [-0.2, -0.15) is 0 Å². The van der Waals surface area contributed by atoms with Crippen LogP contribution < -0.4 is 24.4 Å². The number of methoxy groups -OCH3 is 2. The van der Waals surface area contributed by atoms with Crippen LogP contribution >= 0.6 is 34.8 Å². The van der Waals surface area contributed by atoms with Gasteiger partial charge in [-0.05, 0) is 95.0 Å². The topological polar surface area (TPSA) is 80.3 Å². The minimum absolute atomic E-state index is 0.190. The normalized spacial score (nSPS) is 14.2. The third-order valence-corrected chi connectivity index (χ3v) is 6.79. The lowest BCUT2D eigenvalue weighted by atomic mass is 10.1. The molecule has 1 aliphatic heterocycles. The molecule has 4 rings (SSSR count). The molecule has 190 valence electrons. The van der Waals surface area contributed by atoms with E-state index in [-0.39, 0.29) is 18.4 Å². The van der Waals surface area contributed by atoms with Gasteiger partial charge in [0.05, 0.1) is 17.8 Å². The number of para-hydroxylation sites is 1. The summed E-state index contributed by atoms with van der Waals surface area (Å²) in [5.41, 5.74) is 2.53. The van der Waals surface area contributed by atoms with E-state index in [4.69, 9.17) is 26.4 Å². The molecule has 0 spiro atoms. The van der Waals surface area contributed by atoms with E-state index in [1.54, 1.807) is 43.3 Å². The van der Waals surface area contributed by atoms with Gasteiger partial charge in [0, 0.05) is 18.4 Å². The van der Waals surface area contributed by atoms with Gasteiger partial charge in [-0.1, -0.05) is 18.2 Å². The molecule has 1 saturated heterocycles. The van der Waals surface area contributed by atoms with Crippen molar-refractivity contribution in [3.8, 4) is 17.2 Å². The Morgan fingerprint density at radius 1 is 1.05 bits per heavy atom. The van der Waals surface area contributed by atoms with Crippen molar-refractivity contribution in [1.29, 1.82) is 0 Å². The van der Waals surface area contributed by atoms with Crippen LogP contribution in [0.2, 0.25) is 0 Å². The van der Waals surface area contributed by atoms with Crippen molar-refractivity contribution in [3.05, 3.63) is 81.6 Å². The van der Waals surface area contributed by atoms with Crippen LogP contribution in [-0.4, -0.2) is 49.7 Å². The van der Waals surface area contributed by atoms with E-state index in [0.29, 0.717) is 42.9 Å². The van der Waals surface area contributed by atoms with Crippen molar-refractivity contribution in [2.75, 3.05) is 38.1 Å². The molecule has 0 aromatic heterocycles. The average Bonchev–Trinajstić information content (AvgIpc) is 3.11. The summed E-state index contributed by atoms with van der Waals surface area (Å²) in [7, 11) is 4.76. The van der Waals surface area contributed by atoms with Gasteiger partial charge in [0.15, 0.2) is 23.2 Å². The highest BCUT2D eigenvalue weighted by molar-refractivity contribution is 14.1. The molecule has 1 aliphatic rings. The van der Waals surface area contributed by atoms with Crippen molar-refractivity contribution in [1.82, 2.24) is 4.90 Å². The third-order valence-electron chi connectivity index (χ3n) is 5.53. The fourth-order valence-corrected chi connectivity index (χ4v) is 4.76. The monoisotopic (exact) mass is 629 g/mol. The molecule has 37 heavy (non-hydrogen) atoms. The van der Waals surface area contributed by atoms with E-state index in [1.807, 2.05) is 48.5 Å². The lowest BCUT2D eigenvalue weighted by Crippen LogP contribution is -2.29. The van der Waals surface area contributed by atoms with Crippen LogP contribution in [0.5, 0.6) is 17.2 Å². The van der Waals surface area contributed by atoms with Crippen molar-refractivity contribution in [2.24, 2.45) is 0 Å². The number of rotatable bonds is 8. The van der Waals surface area contributed by atoms with Crippen molar-refractivity contribution >= 4 is 69.2 Å². The number of thiocarbonyl (C=S) groups is 1. The number of benzene rings is 3. The number of anilines is 2. The van der Waals surface area contributed by atoms with Gasteiger partial charge in [0.25, 0.3) is 11.8 Å². The molecule has 0 radical (unpaired) electrons. The van der Waals surface area contributed by atoms with Crippen LogP contribution in [0.3, 0.4) is 0 Å². The molecule has 8 nitrogen and oxygen atoms in total. The highest BCUT2D eigenvalue weighted by atomic mass is 127. The minimum Gasteiger partial charge on any atom is -0.497 e. The standard InChI is InChI=1S/C27H24IN3O5S/c1-30-26(33)22(31(27(30)37)19-9-11-20(34-2)12-10-19)14-17-13-21(28)25(23(15-17)35-3)36-16-24(32)29-18-7-5-4-6-8-18/h4-15H,16H2,1-3H3,(H,29,32)/b22-14+. The first-order chi connectivity index (χ1) is 17.8. The Balaban J connectivity index is 1.59. The molecule has 0 saturated carbocycles. The summed E-state index contributed by atoms with van der Waals surface area (Å²) < 4.78 is 17.3. The quantitative estimate of drug-likeness (QED) is 0.215. The van der Waals surface area contributed by atoms with Crippen LogP contribution in [0.25, 0.3) is 6.08 Å². The number of hydrogen-bond acceptors (Lipinski definition) is 6. The third kappa shape index (κ3) is 5.86. The lowest BCUT2D eigenvalue weighted by molar-refractivity contribution is -0.121. The molecule has 1 N–H and O–H groups in total. The predicted octanol–water partition coefficient (Wildman–Crippen LogP) is 4.93. The van der Waals surface area contributed by atoms with Gasteiger partial charge in [-0.25, -0.2) is 0 Å². The highest BCUT2D eigenvalue weighted by Gasteiger charge is 2.36. The first-order valence-electron chi connectivity index (χ1n) is 11.2. The molecule has 3 aromatic carbocycles. The molecule has 2 amide bonds. The maximum Gasteiger partial charge on any atom is 0.276 e. The number of nitrogens with one attached hydrogen (secondary N) is 1. The van der Waals surface area contributed by atoms with Crippen LogP contribution in [0.4, 0.5) is 11.4 Å². The van der Waals surface area contributed by atoms with Crippen molar-refractivity contribution in [2.45, 2.75) is 0 Å². The maximum atomic E-state index is 13.1.